The standard InChI is InChI=1S/C16H13FN2O/c17-14-6-4-11(8-13(14)9-18)10-19-15-3-1-2-12(15)5-7-16(19)20/h4-8H,1-3,10H2. The number of pyridine rings is 1. The van der Waals surface area contributed by atoms with Crippen LogP contribution in [0.1, 0.15) is 28.8 Å². The van der Waals surface area contributed by atoms with Crippen molar-refractivity contribution in [1.82, 2.24) is 4.57 Å². The van der Waals surface area contributed by atoms with Crippen LogP contribution in [0.3, 0.4) is 0 Å². The van der Waals surface area contributed by atoms with Gasteiger partial charge in [-0.25, -0.2) is 4.39 Å². The molecule has 0 saturated heterocycles. The molecule has 0 unspecified atom stereocenters. The zero-order valence-corrected chi connectivity index (χ0v) is 10.9. The van der Waals surface area contributed by atoms with E-state index in [4.69, 9.17) is 5.26 Å². The fourth-order valence-corrected chi connectivity index (χ4v) is 2.75. The van der Waals surface area contributed by atoms with Gasteiger partial charge in [-0.1, -0.05) is 12.1 Å². The van der Waals surface area contributed by atoms with Crippen molar-refractivity contribution in [3.63, 3.8) is 0 Å². The molecule has 100 valence electrons. The van der Waals surface area contributed by atoms with Crippen LogP contribution in [0.5, 0.6) is 0 Å². The Bertz CT molecular complexity index is 771. The van der Waals surface area contributed by atoms with Crippen LogP contribution in [0, 0.1) is 17.1 Å². The number of hydrogen-bond acceptors (Lipinski definition) is 2. The van der Waals surface area contributed by atoms with Crippen molar-refractivity contribution >= 4 is 0 Å². The van der Waals surface area contributed by atoms with Gasteiger partial charge in [0.2, 0.25) is 0 Å². The van der Waals surface area contributed by atoms with Gasteiger partial charge in [-0.3, -0.25) is 4.79 Å². The molecule has 0 amide bonds. The number of halogens is 1. The Balaban J connectivity index is 2.03. The Hall–Kier alpha value is -2.41. The van der Waals surface area contributed by atoms with Crippen molar-refractivity contribution in [2.45, 2.75) is 25.8 Å². The molecule has 20 heavy (non-hydrogen) atoms. The van der Waals surface area contributed by atoms with Crippen LogP contribution in [0.4, 0.5) is 4.39 Å². The maximum atomic E-state index is 13.3. The van der Waals surface area contributed by atoms with Gasteiger partial charge in [0.1, 0.15) is 11.9 Å². The van der Waals surface area contributed by atoms with E-state index in [0.717, 1.165) is 30.5 Å². The molecule has 0 atom stereocenters. The number of benzene rings is 1. The Labute approximate surface area is 115 Å². The van der Waals surface area contributed by atoms with E-state index in [1.807, 2.05) is 12.1 Å². The van der Waals surface area contributed by atoms with Gasteiger partial charge in [0.25, 0.3) is 5.56 Å². The summed E-state index contributed by atoms with van der Waals surface area (Å²) in [5.41, 5.74) is 3.02. The lowest BCUT2D eigenvalue weighted by Crippen LogP contribution is -2.23. The predicted octanol–water partition coefficient (Wildman–Crippen LogP) is 2.40. The highest BCUT2D eigenvalue weighted by atomic mass is 19.1. The monoisotopic (exact) mass is 268 g/mol. The van der Waals surface area contributed by atoms with Crippen molar-refractivity contribution in [3.8, 4) is 6.07 Å². The molecule has 0 bridgehead atoms. The van der Waals surface area contributed by atoms with Gasteiger partial charge in [0.05, 0.1) is 12.1 Å². The zero-order chi connectivity index (χ0) is 14.1. The van der Waals surface area contributed by atoms with E-state index in [2.05, 4.69) is 0 Å². The molecule has 1 aromatic carbocycles. The maximum Gasteiger partial charge on any atom is 0.251 e. The number of rotatable bonds is 2. The molecule has 1 aromatic heterocycles. The fraction of sp³-hybridized carbons (Fsp3) is 0.250. The van der Waals surface area contributed by atoms with E-state index < -0.39 is 5.82 Å². The van der Waals surface area contributed by atoms with E-state index in [-0.39, 0.29) is 11.1 Å². The SMILES string of the molecule is N#Cc1cc(Cn2c3c(ccc2=O)CCC3)ccc1F. The Kier molecular flexibility index (Phi) is 3.11. The predicted molar refractivity (Wildman–Crippen MR) is 72.9 cm³/mol. The molecule has 1 aliphatic carbocycles. The second kappa shape index (κ2) is 4.93. The average molecular weight is 268 g/mol. The molecule has 0 radical (unpaired) electrons. The summed E-state index contributed by atoms with van der Waals surface area (Å²) in [6.07, 6.45) is 2.96. The van der Waals surface area contributed by atoms with Crippen LogP contribution in [0.25, 0.3) is 0 Å². The molecule has 0 N–H and O–H groups in total. The molecule has 1 aliphatic rings. The summed E-state index contributed by atoms with van der Waals surface area (Å²) in [6, 6.07) is 9.72. The Morgan fingerprint density at radius 2 is 2.10 bits per heavy atom. The topological polar surface area (TPSA) is 45.8 Å². The van der Waals surface area contributed by atoms with Crippen LogP contribution in [-0.4, -0.2) is 4.57 Å². The minimum absolute atomic E-state index is 0.0168. The number of fused-ring (bicyclic) bond motifs is 1. The lowest BCUT2D eigenvalue weighted by molar-refractivity contribution is 0.621. The highest BCUT2D eigenvalue weighted by Gasteiger charge is 2.16. The highest BCUT2D eigenvalue weighted by Crippen LogP contribution is 2.21. The minimum Gasteiger partial charge on any atom is -0.308 e. The van der Waals surface area contributed by atoms with Crippen molar-refractivity contribution in [2.75, 3.05) is 0 Å². The molecule has 0 fully saturated rings. The van der Waals surface area contributed by atoms with Crippen LogP contribution in [0.15, 0.2) is 35.1 Å². The molecular formula is C16H13FN2O. The van der Waals surface area contributed by atoms with Gasteiger partial charge in [-0.05, 0) is 42.5 Å². The zero-order valence-electron chi connectivity index (χ0n) is 10.9. The number of aryl methyl sites for hydroxylation is 1. The summed E-state index contributed by atoms with van der Waals surface area (Å²) < 4.78 is 15.0. The second-order valence-electron chi connectivity index (χ2n) is 5.01. The van der Waals surface area contributed by atoms with Gasteiger partial charge in [0.15, 0.2) is 0 Å². The van der Waals surface area contributed by atoms with Crippen LogP contribution in [-0.2, 0) is 19.4 Å². The maximum absolute atomic E-state index is 13.3. The lowest BCUT2D eigenvalue weighted by atomic mass is 10.1. The van der Waals surface area contributed by atoms with Crippen molar-refractivity contribution in [2.24, 2.45) is 0 Å². The van der Waals surface area contributed by atoms with Crippen molar-refractivity contribution in [1.29, 1.82) is 5.26 Å². The van der Waals surface area contributed by atoms with E-state index in [1.54, 1.807) is 16.7 Å². The summed E-state index contributed by atoms with van der Waals surface area (Å²) in [5.74, 6) is -0.526. The lowest BCUT2D eigenvalue weighted by Gasteiger charge is -2.12. The van der Waals surface area contributed by atoms with Crippen LogP contribution < -0.4 is 5.56 Å². The smallest absolute Gasteiger partial charge is 0.251 e. The number of nitrogens with zero attached hydrogens (tertiary/aromatic N) is 2. The summed E-state index contributed by atoms with van der Waals surface area (Å²) in [4.78, 5) is 12.0. The van der Waals surface area contributed by atoms with Gasteiger partial charge in [-0.15, -0.1) is 0 Å². The van der Waals surface area contributed by atoms with E-state index in [1.165, 1.54) is 17.7 Å². The molecule has 3 nitrogen and oxygen atoms in total. The Morgan fingerprint density at radius 1 is 1.25 bits per heavy atom. The summed E-state index contributed by atoms with van der Waals surface area (Å²) in [6.45, 7) is 0.386. The molecule has 4 heteroatoms. The largest absolute Gasteiger partial charge is 0.308 e. The van der Waals surface area contributed by atoms with Crippen molar-refractivity contribution in [3.05, 3.63) is 68.9 Å². The second-order valence-corrected chi connectivity index (χ2v) is 5.01. The van der Waals surface area contributed by atoms with Gasteiger partial charge < -0.3 is 4.57 Å². The molecule has 1 heterocycles. The third-order valence-corrected chi connectivity index (χ3v) is 3.74. The number of nitriles is 1. The third kappa shape index (κ3) is 2.12. The summed E-state index contributed by atoms with van der Waals surface area (Å²) in [5, 5.41) is 8.86. The first-order valence-corrected chi connectivity index (χ1v) is 6.59. The average Bonchev–Trinajstić information content (AvgIpc) is 2.92. The van der Waals surface area contributed by atoms with Crippen molar-refractivity contribution < 1.29 is 4.39 Å². The molecule has 0 aliphatic heterocycles. The molecular weight excluding hydrogens is 255 g/mol. The first-order valence-electron chi connectivity index (χ1n) is 6.59. The first-order chi connectivity index (χ1) is 9.69. The van der Waals surface area contributed by atoms with E-state index >= 15 is 0 Å². The molecule has 0 saturated carbocycles. The normalized spacial score (nSPS) is 13.0. The van der Waals surface area contributed by atoms with Gasteiger partial charge in [0, 0.05) is 11.8 Å². The van der Waals surface area contributed by atoms with Crippen LogP contribution >= 0.6 is 0 Å². The van der Waals surface area contributed by atoms with Crippen LogP contribution in [0.2, 0.25) is 0 Å². The summed E-state index contributed by atoms with van der Waals surface area (Å²) in [7, 11) is 0. The molecule has 0 spiro atoms. The number of aromatic nitrogens is 1. The Morgan fingerprint density at radius 3 is 2.90 bits per heavy atom. The third-order valence-electron chi connectivity index (χ3n) is 3.74. The number of hydrogen-bond donors (Lipinski definition) is 0. The first kappa shape index (κ1) is 12.6. The molecule has 2 aromatic rings. The quantitative estimate of drug-likeness (QED) is 0.839. The highest BCUT2D eigenvalue weighted by molar-refractivity contribution is 5.35. The van der Waals surface area contributed by atoms with E-state index in [9.17, 15) is 9.18 Å². The molecule has 3 rings (SSSR count). The fourth-order valence-electron chi connectivity index (χ4n) is 2.75. The van der Waals surface area contributed by atoms with Gasteiger partial charge in [-0.2, -0.15) is 5.26 Å². The van der Waals surface area contributed by atoms with E-state index in [0.29, 0.717) is 6.54 Å². The van der Waals surface area contributed by atoms with Gasteiger partial charge >= 0.3 is 0 Å². The minimum atomic E-state index is -0.526. The summed E-state index contributed by atoms with van der Waals surface area (Å²) >= 11 is 0.